The van der Waals surface area contributed by atoms with E-state index in [0.717, 1.165) is 31.0 Å². The van der Waals surface area contributed by atoms with Crippen LogP contribution in [0.1, 0.15) is 12.0 Å². The van der Waals surface area contributed by atoms with Crippen molar-refractivity contribution in [1.29, 1.82) is 0 Å². The van der Waals surface area contributed by atoms with Crippen LogP contribution < -0.4 is 9.46 Å². The van der Waals surface area contributed by atoms with Crippen molar-refractivity contribution in [2.75, 3.05) is 27.8 Å². The van der Waals surface area contributed by atoms with Gasteiger partial charge in [-0.2, -0.15) is 0 Å². The molecule has 2 aliphatic rings. The molecule has 1 N–H and O–H groups in total. The fraction of sp³-hybridized carbons (Fsp3) is 0.259. The third-order valence-corrected chi connectivity index (χ3v) is 7.50. The molecule has 1 aliphatic heterocycles. The molecule has 0 fully saturated rings. The molecule has 9 heteroatoms. The van der Waals surface area contributed by atoms with Crippen LogP contribution in [0.15, 0.2) is 101 Å². The number of benzene rings is 2. The Kier molecular flexibility index (Phi) is 7.81. The SMILES string of the molecule is CNS(=O)(=O)c1ccc(OC2=C3C=C(OC)C(OC)=CC3N(CCCc3ccccc3)C=C2)c(F)c1. The average Bonchev–Trinajstić information content (AvgIpc) is 2.90. The predicted molar refractivity (Wildman–Crippen MR) is 135 cm³/mol. The van der Waals surface area contributed by atoms with Gasteiger partial charge in [0.2, 0.25) is 10.0 Å². The molecule has 2 aromatic carbocycles. The van der Waals surface area contributed by atoms with Gasteiger partial charge in [0.1, 0.15) is 5.76 Å². The van der Waals surface area contributed by atoms with E-state index >= 15 is 0 Å². The Morgan fingerprint density at radius 3 is 2.47 bits per heavy atom. The number of hydrogen-bond acceptors (Lipinski definition) is 6. The smallest absolute Gasteiger partial charge is 0.240 e. The lowest BCUT2D eigenvalue weighted by molar-refractivity contribution is 0.209. The second-order valence-corrected chi connectivity index (χ2v) is 10.1. The highest BCUT2D eigenvalue weighted by molar-refractivity contribution is 7.89. The van der Waals surface area contributed by atoms with Crippen LogP contribution in [-0.2, 0) is 25.9 Å². The molecule has 0 bridgehead atoms. The summed E-state index contributed by atoms with van der Waals surface area (Å²) in [6.07, 6.45) is 9.34. The second-order valence-electron chi connectivity index (χ2n) is 8.26. The van der Waals surface area contributed by atoms with Gasteiger partial charge in [-0.15, -0.1) is 0 Å². The van der Waals surface area contributed by atoms with Crippen molar-refractivity contribution in [2.45, 2.75) is 23.8 Å². The first kappa shape index (κ1) is 25.5. The number of sulfonamides is 1. The van der Waals surface area contributed by atoms with Crippen LogP contribution in [0.2, 0.25) is 0 Å². The predicted octanol–water partition coefficient (Wildman–Crippen LogP) is 4.27. The van der Waals surface area contributed by atoms with E-state index in [2.05, 4.69) is 21.8 Å². The standard InChI is InChI=1S/C27H29FN2O5S/c1-29-36(31,32)20-11-12-25(22(28)16-20)35-24-13-15-30(14-7-10-19-8-5-4-6-9-19)23-18-27(34-3)26(33-2)17-21(23)24/h4-6,8-9,11-13,15-18,23,29H,7,10,14H2,1-3H3. The number of allylic oxidation sites excluding steroid dienone is 1. The zero-order valence-corrected chi connectivity index (χ0v) is 21.2. The summed E-state index contributed by atoms with van der Waals surface area (Å²) < 4.78 is 58.0. The molecule has 0 radical (unpaired) electrons. The summed E-state index contributed by atoms with van der Waals surface area (Å²) in [5.74, 6) is 0.697. The average molecular weight is 513 g/mol. The van der Waals surface area contributed by atoms with E-state index in [1.54, 1.807) is 20.3 Å². The van der Waals surface area contributed by atoms with Crippen LogP contribution >= 0.6 is 0 Å². The molecule has 1 unspecified atom stereocenters. The number of ether oxygens (including phenoxy) is 3. The Labute approximate surface area is 211 Å². The van der Waals surface area contributed by atoms with E-state index < -0.39 is 15.8 Å². The number of methoxy groups -OCH3 is 2. The number of halogens is 1. The fourth-order valence-corrected chi connectivity index (χ4v) is 4.91. The zero-order valence-electron chi connectivity index (χ0n) is 20.4. The van der Waals surface area contributed by atoms with Gasteiger partial charge in [-0.1, -0.05) is 30.3 Å². The van der Waals surface area contributed by atoms with Gasteiger partial charge in [0, 0.05) is 18.3 Å². The number of rotatable bonds is 10. The monoisotopic (exact) mass is 512 g/mol. The summed E-state index contributed by atoms with van der Waals surface area (Å²) in [6, 6.07) is 13.6. The van der Waals surface area contributed by atoms with Gasteiger partial charge in [-0.05, 0) is 61.9 Å². The van der Waals surface area contributed by atoms with Crippen molar-refractivity contribution >= 4 is 10.0 Å². The summed E-state index contributed by atoms with van der Waals surface area (Å²) >= 11 is 0. The minimum atomic E-state index is -3.77. The normalized spacial score (nSPS) is 17.3. The Morgan fingerprint density at radius 1 is 1.06 bits per heavy atom. The van der Waals surface area contributed by atoms with Gasteiger partial charge in [0.15, 0.2) is 23.1 Å². The summed E-state index contributed by atoms with van der Waals surface area (Å²) in [4.78, 5) is 1.99. The van der Waals surface area contributed by atoms with Gasteiger partial charge in [0.25, 0.3) is 0 Å². The molecule has 0 amide bonds. The Morgan fingerprint density at radius 2 is 1.81 bits per heavy atom. The highest BCUT2D eigenvalue weighted by Crippen LogP contribution is 2.34. The molecule has 2 aromatic rings. The molecule has 1 aliphatic carbocycles. The molecule has 0 spiro atoms. The van der Waals surface area contributed by atoms with E-state index in [-0.39, 0.29) is 16.7 Å². The summed E-state index contributed by atoms with van der Waals surface area (Å²) in [5.41, 5.74) is 2.05. The van der Waals surface area contributed by atoms with Crippen molar-refractivity contribution < 1.29 is 27.0 Å². The molecule has 36 heavy (non-hydrogen) atoms. The lowest BCUT2D eigenvalue weighted by Gasteiger charge is -2.36. The first-order chi connectivity index (χ1) is 17.4. The van der Waals surface area contributed by atoms with Crippen LogP contribution in [0.25, 0.3) is 0 Å². The molecule has 1 atom stereocenters. The van der Waals surface area contributed by atoms with Crippen LogP contribution in [0.5, 0.6) is 5.75 Å². The van der Waals surface area contributed by atoms with E-state index in [1.165, 1.54) is 24.7 Å². The van der Waals surface area contributed by atoms with Gasteiger partial charge in [-0.3, -0.25) is 0 Å². The number of nitrogens with zero attached hydrogens (tertiary/aromatic N) is 1. The zero-order chi connectivity index (χ0) is 25.7. The lowest BCUT2D eigenvalue weighted by Crippen LogP contribution is -2.37. The molecule has 0 aromatic heterocycles. The topological polar surface area (TPSA) is 77.1 Å². The highest BCUT2D eigenvalue weighted by Gasteiger charge is 2.30. The highest BCUT2D eigenvalue weighted by atomic mass is 32.2. The Balaban J connectivity index is 1.60. The van der Waals surface area contributed by atoms with E-state index in [1.807, 2.05) is 36.6 Å². The second kappa shape index (κ2) is 11.0. The minimum Gasteiger partial charge on any atom is -0.493 e. The fourth-order valence-electron chi connectivity index (χ4n) is 4.17. The van der Waals surface area contributed by atoms with Gasteiger partial charge >= 0.3 is 0 Å². The van der Waals surface area contributed by atoms with Crippen molar-refractivity contribution in [3.8, 4) is 5.75 Å². The maximum atomic E-state index is 14.8. The third kappa shape index (κ3) is 5.47. The molecular weight excluding hydrogens is 483 g/mol. The van der Waals surface area contributed by atoms with Crippen LogP contribution in [0.3, 0.4) is 0 Å². The summed E-state index contributed by atoms with van der Waals surface area (Å²) in [5, 5.41) is 0. The molecule has 7 nitrogen and oxygen atoms in total. The largest absolute Gasteiger partial charge is 0.493 e. The number of fused-ring (bicyclic) bond motifs is 1. The van der Waals surface area contributed by atoms with Crippen molar-refractivity contribution in [1.82, 2.24) is 9.62 Å². The molecule has 0 saturated carbocycles. The van der Waals surface area contributed by atoms with Crippen molar-refractivity contribution in [3.05, 3.63) is 107 Å². The van der Waals surface area contributed by atoms with Crippen molar-refractivity contribution in [2.24, 2.45) is 0 Å². The number of aryl methyl sites for hydroxylation is 1. The molecular formula is C27H29FN2O5S. The van der Waals surface area contributed by atoms with Crippen LogP contribution in [0.4, 0.5) is 4.39 Å². The van der Waals surface area contributed by atoms with E-state index in [4.69, 9.17) is 14.2 Å². The lowest BCUT2D eigenvalue weighted by atomic mass is 9.94. The maximum absolute atomic E-state index is 14.8. The van der Waals surface area contributed by atoms with Gasteiger partial charge < -0.3 is 19.1 Å². The molecule has 1 heterocycles. The maximum Gasteiger partial charge on any atom is 0.240 e. The summed E-state index contributed by atoms with van der Waals surface area (Å²) in [6.45, 7) is 0.779. The van der Waals surface area contributed by atoms with Gasteiger partial charge in [-0.25, -0.2) is 17.5 Å². The Hall–Kier alpha value is -3.56. The molecule has 190 valence electrons. The van der Waals surface area contributed by atoms with E-state index in [9.17, 15) is 12.8 Å². The number of nitrogens with one attached hydrogen (secondary N) is 1. The first-order valence-electron chi connectivity index (χ1n) is 11.5. The number of hydrogen-bond donors (Lipinski definition) is 1. The molecule has 4 rings (SSSR count). The van der Waals surface area contributed by atoms with Crippen LogP contribution in [-0.4, -0.2) is 47.2 Å². The summed E-state index contributed by atoms with van der Waals surface area (Å²) in [7, 11) is 0.635. The molecule has 0 saturated heterocycles. The minimum absolute atomic E-state index is 0.0811. The quantitative estimate of drug-likeness (QED) is 0.512. The van der Waals surface area contributed by atoms with Gasteiger partial charge in [0.05, 0.1) is 25.2 Å². The Bertz CT molecular complexity index is 1330. The van der Waals surface area contributed by atoms with E-state index in [0.29, 0.717) is 17.3 Å². The third-order valence-electron chi connectivity index (χ3n) is 6.08. The first-order valence-corrected chi connectivity index (χ1v) is 13.0. The van der Waals surface area contributed by atoms with Crippen molar-refractivity contribution in [3.63, 3.8) is 0 Å². The van der Waals surface area contributed by atoms with Crippen LogP contribution in [0, 0.1) is 5.82 Å².